The molecule has 1 aromatic carbocycles. The number of rotatable bonds is 3. The first-order chi connectivity index (χ1) is 9.66. The van der Waals surface area contributed by atoms with E-state index in [1.54, 1.807) is 0 Å². The van der Waals surface area contributed by atoms with E-state index in [1.807, 2.05) is 0 Å². The molecule has 21 heavy (non-hydrogen) atoms. The van der Waals surface area contributed by atoms with E-state index in [0.29, 0.717) is 17.1 Å². The topological polar surface area (TPSA) is 37.8 Å². The van der Waals surface area contributed by atoms with Gasteiger partial charge in [-0.15, -0.1) is 5.10 Å². The molecular weight excluding hydrogens is 320 g/mol. The van der Waals surface area contributed by atoms with Gasteiger partial charge in [0.1, 0.15) is 5.00 Å². The van der Waals surface area contributed by atoms with Crippen molar-refractivity contribution < 1.29 is 26.3 Å². The monoisotopic (exact) mass is 327 g/mol. The average Bonchev–Trinajstić information content (AvgIpc) is 2.87. The fourth-order valence-corrected chi connectivity index (χ4v) is 1.97. The highest BCUT2D eigenvalue weighted by Crippen LogP contribution is 2.36. The smallest absolute Gasteiger partial charge is 0.370 e. The second-order valence-corrected chi connectivity index (χ2v) is 4.84. The normalized spacial score (nSPS) is 12.5. The minimum atomic E-state index is -4.85. The molecule has 10 heteroatoms. The number of hydrogen-bond donors (Lipinski definition) is 1. The van der Waals surface area contributed by atoms with Gasteiger partial charge >= 0.3 is 12.4 Å². The van der Waals surface area contributed by atoms with Gasteiger partial charge in [-0.3, -0.25) is 0 Å². The quantitative estimate of drug-likeness (QED) is 0.859. The molecule has 114 valence electrons. The first kappa shape index (κ1) is 15.5. The van der Waals surface area contributed by atoms with E-state index in [2.05, 4.69) is 14.9 Å². The largest absolute Gasteiger partial charge is 0.416 e. The van der Waals surface area contributed by atoms with E-state index < -0.39 is 23.5 Å². The van der Waals surface area contributed by atoms with E-state index in [1.165, 1.54) is 6.20 Å². The maximum absolute atomic E-state index is 12.6. The fourth-order valence-electron chi connectivity index (χ4n) is 1.56. The van der Waals surface area contributed by atoms with E-state index in [9.17, 15) is 26.3 Å². The van der Waals surface area contributed by atoms with Crippen LogP contribution < -0.4 is 5.32 Å². The Hall–Kier alpha value is -1.84. The zero-order chi connectivity index (χ0) is 15.7. The lowest BCUT2D eigenvalue weighted by molar-refractivity contribution is -0.143. The van der Waals surface area contributed by atoms with Crippen LogP contribution >= 0.6 is 11.5 Å². The first-order valence-corrected chi connectivity index (χ1v) is 6.23. The lowest BCUT2D eigenvalue weighted by atomic mass is 10.0. The van der Waals surface area contributed by atoms with Gasteiger partial charge in [0, 0.05) is 18.1 Å². The molecule has 0 aliphatic heterocycles. The Morgan fingerprint density at radius 3 is 1.95 bits per heavy atom. The van der Waals surface area contributed by atoms with E-state index in [0.717, 1.165) is 11.5 Å². The Morgan fingerprint density at radius 2 is 1.52 bits per heavy atom. The van der Waals surface area contributed by atoms with Crippen molar-refractivity contribution in [3.63, 3.8) is 0 Å². The fraction of sp³-hybridized carbons (Fsp3) is 0.273. The molecule has 0 unspecified atom stereocenters. The summed E-state index contributed by atoms with van der Waals surface area (Å²) in [4.78, 5) is 0. The third kappa shape index (κ3) is 4.06. The molecule has 2 aromatic rings. The van der Waals surface area contributed by atoms with E-state index >= 15 is 0 Å². The molecule has 0 saturated heterocycles. The number of anilines is 1. The Kier molecular flexibility index (Phi) is 4.08. The van der Waals surface area contributed by atoms with Crippen molar-refractivity contribution in [2.24, 2.45) is 0 Å². The third-order valence-electron chi connectivity index (χ3n) is 2.48. The van der Waals surface area contributed by atoms with Crippen LogP contribution in [-0.4, -0.2) is 9.59 Å². The van der Waals surface area contributed by atoms with Gasteiger partial charge in [-0.05, 0) is 23.8 Å². The van der Waals surface area contributed by atoms with Crippen molar-refractivity contribution in [2.75, 3.05) is 5.32 Å². The van der Waals surface area contributed by atoms with Crippen LogP contribution in [0.1, 0.15) is 16.7 Å². The highest BCUT2D eigenvalue weighted by molar-refractivity contribution is 7.09. The summed E-state index contributed by atoms with van der Waals surface area (Å²) in [7, 11) is 0. The molecule has 0 aliphatic carbocycles. The lowest BCUT2D eigenvalue weighted by Crippen LogP contribution is -2.12. The van der Waals surface area contributed by atoms with E-state index in [4.69, 9.17) is 0 Å². The number of nitrogens with one attached hydrogen (secondary N) is 1. The van der Waals surface area contributed by atoms with Crippen molar-refractivity contribution in [2.45, 2.75) is 18.9 Å². The van der Waals surface area contributed by atoms with Gasteiger partial charge in [0.05, 0.1) is 17.3 Å². The average molecular weight is 327 g/mol. The van der Waals surface area contributed by atoms with Crippen molar-refractivity contribution in [3.05, 3.63) is 41.1 Å². The molecule has 0 saturated carbocycles. The minimum absolute atomic E-state index is 0.0950. The number of benzene rings is 1. The summed E-state index contributed by atoms with van der Waals surface area (Å²) in [6, 6.07) is 1.45. The van der Waals surface area contributed by atoms with Crippen LogP contribution in [0.2, 0.25) is 0 Å². The highest BCUT2D eigenvalue weighted by Gasteiger charge is 2.36. The number of aromatic nitrogens is 2. The molecule has 1 heterocycles. The van der Waals surface area contributed by atoms with Gasteiger partial charge in [0.2, 0.25) is 0 Å². The van der Waals surface area contributed by atoms with Crippen LogP contribution in [0.25, 0.3) is 0 Å². The second-order valence-electron chi connectivity index (χ2n) is 4.05. The van der Waals surface area contributed by atoms with Crippen LogP contribution in [0.4, 0.5) is 31.3 Å². The maximum atomic E-state index is 12.6. The molecule has 0 radical (unpaired) electrons. The predicted molar refractivity (Wildman–Crippen MR) is 63.7 cm³/mol. The van der Waals surface area contributed by atoms with Crippen LogP contribution in [-0.2, 0) is 18.9 Å². The second kappa shape index (κ2) is 5.51. The summed E-state index contributed by atoms with van der Waals surface area (Å²) < 4.78 is 79.4. The SMILES string of the molecule is FC(F)(F)c1cc(CNc2cnns2)cc(C(F)(F)F)c1. The van der Waals surface area contributed by atoms with Crippen LogP contribution in [0.5, 0.6) is 0 Å². The molecule has 0 atom stereocenters. The molecule has 0 spiro atoms. The zero-order valence-corrected chi connectivity index (χ0v) is 10.9. The van der Waals surface area contributed by atoms with Gasteiger partial charge in [-0.2, -0.15) is 26.3 Å². The lowest BCUT2D eigenvalue weighted by Gasteiger charge is -2.14. The maximum Gasteiger partial charge on any atom is 0.416 e. The molecule has 0 amide bonds. The Balaban J connectivity index is 2.31. The van der Waals surface area contributed by atoms with Crippen molar-refractivity contribution in [1.82, 2.24) is 9.59 Å². The molecule has 2 rings (SSSR count). The summed E-state index contributed by atoms with van der Waals surface area (Å²) in [6.45, 7) is -0.198. The van der Waals surface area contributed by atoms with Crippen LogP contribution in [0.3, 0.4) is 0 Å². The Bertz CT molecular complexity index is 573. The molecule has 0 bridgehead atoms. The summed E-state index contributed by atoms with van der Waals surface area (Å²) >= 11 is 0.945. The van der Waals surface area contributed by atoms with Gasteiger partial charge in [-0.25, -0.2) is 0 Å². The summed E-state index contributed by atoms with van der Waals surface area (Å²) in [5, 5.41) is 6.60. The standard InChI is InChI=1S/C11H7F6N3S/c12-10(13,14)7-1-6(2-8(3-7)11(15,16)17)4-18-9-5-19-20-21-9/h1-3,5,18H,4H2. The summed E-state index contributed by atoms with van der Waals surface area (Å²) in [5.74, 6) is 0. The number of nitrogens with zero attached hydrogens (tertiary/aromatic N) is 2. The van der Waals surface area contributed by atoms with Crippen LogP contribution in [0.15, 0.2) is 24.4 Å². The third-order valence-corrected chi connectivity index (χ3v) is 3.10. The minimum Gasteiger partial charge on any atom is -0.370 e. The summed E-state index contributed by atoms with van der Waals surface area (Å²) in [6.07, 6.45) is -8.37. The van der Waals surface area contributed by atoms with Gasteiger partial charge in [-0.1, -0.05) is 4.49 Å². The van der Waals surface area contributed by atoms with Crippen molar-refractivity contribution >= 4 is 16.5 Å². The van der Waals surface area contributed by atoms with Crippen molar-refractivity contribution in [3.8, 4) is 0 Å². The van der Waals surface area contributed by atoms with Gasteiger partial charge < -0.3 is 5.32 Å². The van der Waals surface area contributed by atoms with Gasteiger partial charge in [0.15, 0.2) is 0 Å². The Labute approximate surface area is 118 Å². The number of hydrogen-bond acceptors (Lipinski definition) is 4. The Morgan fingerprint density at radius 1 is 0.952 bits per heavy atom. The first-order valence-electron chi connectivity index (χ1n) is 5.46. The highest BCUT2D eigenvalue weighted by atomic mass is 32.1. The van der Waals surface area contributed by atoms with Gasteiger partial charge in [0.25, 0.3) is 0 Å². The van der Waals surface area contributed by atoms with Crippen LogP contribution in [0, 0.1) is 0 Å². The molecule has 1 N–H and O–H groups in total. The molecule has 1 aromatic heterocycles. The number of alkyl halides is 6. The molecule has 0 aliphatic rings. The van der Waals surface area contributed by atoms with E-state index in [-0.39, 0.29) is 18.2 Å². The molecule has 3 nitrogen and oxygen atoms in total. The number of halogens is 6. The zero-order valence-electron chi connectivity index (χ0n) is 10.1. The molecular formula is C11H7F6N3S. The summed E-state index contributed by atoms with van der Waals surface area (Å²) in [5.41, 5.74) is -2.81. The van der Waals surface area contributed by atoms with Crippen molar-refractivity contribution in [1.29, 1.82) is 0 Å². The predicted octanol–water partition coefficient (Wildman–Crippen LogP) is 4.19. The molecule has 0 fully saturated rings.